The van der Waals surface area contributed by atoms with Gasteiger partial charge in [0.1, 0.15) is 0 Å². The van der Waals surface area contributed by atoms with E-state index in [0.29, 0.717) is 6.04 Å². The van der Waals surface area contributed by atoms with E-state index in [4.69, 9.17) is 5.73 Å². The lowest BCUT2D eigenvalue weighted by molar-refractivity contribution is 0.0697. The molecule has 0 heterocycles. The largest absolute Gasteiger partial charge is 0.370 e. The first kappa shape index (κ1) is 15.0. The van der Waals surface area contributed by atoms with Crippen molar-refractivity contribution in [1.82, 2.24) is 9.80 Å². The Kier molecular flexibility index (Phi) is 5.07. The summed E-state index contributed by atoms with van der Waals surface area (Å²) < 4.78 is 0. The third-order valence-corrected chi connectivity index (χ3v) is 4.22. The normalized spacial score (nSPS) is 22.9. The van der Waals surface area contributed by atoms with Gasteiger partial charge < -0.3 is 15.5 Å². The molecular formula is C12H25IN4. The smallest absolute Gasteiger partial charge is 0.191 e. The van der Waals surface area contributed by atoms with E-state index in [1.807, 2.05) is 0 Å². The maximum absolute atomic E-state index is 6.00. The van der Waals surface area contributed by atoms with Crippen molar-refractivity contribution in [2.75, 3.05) is 27.7 Å². The summed E-state index contributed by atoms with van der Waals surface area (Å²) in [5, 5.41) is 0. The van der Waals surface area contributed by atoms with Gasteiger partial charge in [0.15, 0.2) is 5.96 Å². The minimum absolute atomic E-state index is 0. The Labute approximate surface area is 122 Å². The molecule has 0 aliphatic heterocycles. The van der Waals surface area contributed by atoms with E-state index < -0.39 is 0 Å². The van der Waals surface area contributed by atoms with E-state index >= 15 is 0 Å². The summed E-state index contributed by atoms with van der Waals surface area (Å²) in [4.78, 5) is 9.02. The Morgan fingerprint density at radius 1 is 1.29 bits per heavy atom. The first-order valence-electron chi connectivity index (χ1n) is 6.25. The van der Waals surface area contributed by atoms with Gasteiger partial charge in [0.2, 0.25) is 0 Å². The molecule has 0 aromatic carbocycles. The minimum Gasteiger partial charge on any atom is -0.370 e. The Bertz CT molecular complexity index is 282. The summed E-state index contributed by atoms with van der Waals surface area (Å²) in [6.07, 6.45) is 6.37. The van der Waals surface area contributed by atoms with E-state index in [9.17, 15) is 0 Å². The Hall–Kier alpha value is -0.0400. The van der Waals surface area contributed by atoms with Gasteiger partial charge in [0.25, 0.3) is 0 Å². The van der Waals surface area contributed by atoms with E-state index in [2.05, 4.69) is 35.9 Å². The molecule has 17 heavy (non-hydrogen) atoms. The second kappa shape index (κ2) is 5.73. The maximum Gasteiger partial charge on any atom is 0.191 e. The first-order valence-corrected chi connectivity index (χ1v) is 6.25. The minimum atomic E-state index is 0. The molecule has 0 radical (unpaired) electrons. The molecule has 5 heteroatoms. The number of nitrogens with zero attached hydrogens (tertiary/aromatic N) is 3. The van der Waals surface area contributed by atoms with Gasteiger partial charge in [0, 0.05) is 18.6 Å². The molecule has 2 rings (SSSR count). The molecular weight excluding hydrogens is 327 g/mol. The number of aliphatic imine (C=N–C) groups is 1. The highest BCUT2D eigenvalue weighted by molar-refractivity contribution is 14.0. The number of nitrogens with two attached hydrogens (primary N) is 1. The second-order valence-electron chi connectivity index (χ2n) is 5.49. The van der Waals surface area contributed by atoms with Crippen molar-refractivity contribution in [3.8, 4) is 0 Å². The molecule has 2 N–H and O–H groups in total. The summed E-state index contributed by atoms with van der Waals surface area (Å²) in [7, 11) is 6.35. The predicted octanol–water partition coefficient (Wildman–Crippen LogP) is 1.50. The van der Waals surface area contributed by atoms with Crippen LogP contribution < -0.4 is 5.73 Å². The summed E-state index contributed by atoms with van der Waals surface area (Å²) in [5.74, 6) is 0.718. The second-order valence-corrected chi connectivity index (χ2v) is 5.49. The van der Waals surface area contributed by atoms with Gasteiger partial charge in [-0.25, -0.2) is 0 Å². The van der Waals surface area contributed by atoms with Crippen LogP contribution in [-0.2, 0) is 0 Å². The molecule has 2 aliphatic rings. The lowest BCUT2D eigenvalue weighted by Crippen LogP contribution is -2.53. The van der Waals surface area contributed by atoms with Gasteiger partial charge in [-0.05, 0) is 46.2 Å². The van der Waals surface area contributed by atoms with Crippen molar-refractivity contribution in [1.29, 1.82) is 0 Å². The highest BCUT2D eigenvalue weighted by Gasteiger charge is 2.39. The predicted molar refractivity (Wildman–Crippen MR) is 83.0 cm³/mol. The van der Waals surface area contributed by atoms with Crippen LogP contribution >= 0.6 is 24.0 Å². The molecule has 0 unspecified atom stereocenters. The van der Waals surface area contributed by atoms with Gasteiger partial charge in [0.05, 0.1) is 6.54 Å². The molecule has 0 amide bonds. The van der Waals surface area contributed by atoms with Crippen LogP contribution in [0.1, 0.15) is 32.1 Å². The van der Waals surface area contributed by atoms with Crippen LogP contribution in [0.3, 0.4) is 0 Å². The molecule has 2 saturated carbocycles. The molecule has 4 nitrogen and oxygen atoms in total. The Balaban J connectivity index is 0.00000144. The van der Waals surface area contributed by atoms with Crippen molar-refractivity contribution in [2.24, 2.45) is 10.7 Å². The number of likely N-dealkylation sites (N-methyl/N-ethyl adjacent to an activating group) is 1. The lowest BCUT2D eigenvalue weighted by atomic mass is 9.76. The van der Waals surface area contributed by atoms with Crippen LogP contribution in [0, 0.1) is 0 Å². The zero-order chi connectivity index (χ0) is 11.8. The van der Waals surface area contributed by atoms with Gasteiger partial charge in [-0.15, -0.1) is 24.0 Å². The summed E-state index contributed by atoms with van der Waals surface area (Å²) in [6, 6.07) is 0.653. The van der Waals surface area contributed by atoms with Crippen molar-refractivity contribution in [3.63, 3.8) is 0 Å². The molecule has 0 aromatic rings. The first-order chi connectivity index (χ1) is 7.55. The average molecular weight is 352 g/mol. The molecule has 100 valence electrons. The SMILES string of the molecule is CN(C(N)=NCC1(N(C)C)CCC1)C1CC1.I. The quantitative estimate of drug-likeness (QED) is 0.474. The van der Waals surface area contributed by atoms with Crippen LogP contribution in [0.25, 0.3) is 0 Å². The van der Waals surface area contributed by atoms with Crippen molar-refractivity contribution >= 4 is 29.9 Å². The average Bonchev–Trinajstić information content (AvgIpc) is 2.97. The fourth-order valence-electron chi connectivity index (χ4n) is 2.32. The Morgan fingerprint density at radius 2 is 1.88 bits per heavy atom. The van der Waals surface area contributed by atoms with Crippen molar-refractivity contribution in [3.05, 3.63) is 0 Å². The standard InChI is InChI=1S/C12H24N4.HI/c1-15(2)12(7-4-8-12)9-14-11(13)16(3)10-5-6-10;/h10H,4-9H2,1-3H3,(H2,13,14);1H. The number of halogens is 1. The lowest BCUT2D eigenvalue weighted by Gasteiger charge is -2.46. The molecule has 0 bridgehead atoms. The number of rotatable bonds is 4. The number of hydrogen-bond donors (Lipinski definition) is 1. The van der Waals surface area contributed by atoms with Crippen LogP contribution in [-0.4, -0.2) is 55.0 Å². The zero-order valence-corrected chi connectivity index (χ0v) is 13.5. The van der Waals surface area contributed by atoms with Crippen LogP contribution in [0.2, 0.25) is 0 Å². The zero-order valence-electron chi connectivity index (χ0n) is 11.1. The highest BCUT2D eigenvalue weighted by Crippen LogP contribution is 2.36. The number of hydrogen-bond acceptors (Lipinski definition) is 2. The third-order valence-electron chi connectivity index (χ3n) is 4.22. The van der Waals surface area contributed by atoms with Crippen LogP contribution in [0.5, 0.6) is 0 Å². The van der Waals surface area contributed by atoms with Crippen molar-refractivity contribution < 1.29 is 0 Å². The van der Waals surface area contributed by atoms with E-state index in [-0.39, 0.29) is 29.5 Å². The van der Waals surface area contributed by atoms with Gasteiger partial charge >= 0.3 is 0 Å². The van der Waals surface area contributed by atoms with Gasteiger partial charge in [-0.2, -0.15) is 0 Å². The van der Waals surface area contributed by atoms with E-state index in [0.717, 1.165) is 12.5 Å². The molecule has 0 spiro atoms. The molecule has 2 aliphatic carbocycles. The summed E-state index contributed by atoms with van der Waals surface area (Å²) in [5.41, 5.74) is 6.29. The van der Waals surface area contributed by atoms with Crippen molar-refractivity contribution in [2.45, 2.75) is 43.7 Å². The number of guanidine groups is 1. The third kappa shape index (κ3) is 3.24. The van der Waals surface area contributed by atoms with Gasteiger partial charge in [-0.3, -0.25) is 4.99 Å². The molecule has 0 saturated heterocycles. The van der Waals surface area contributed by atoms with E-state index in [1.54, 1.807) is 0 Å². The summed E-state index contributed by atoms with van der Waals surface area (Å²) >= 11 is 0. The fourth-order valence-corrected chi connectivity index (χ4v) is 2.32. The Morgan fingerprint density at radius 3 is 2.24 bits per heavy atom. The molecule has 0 atom stereocenters. The highest BCUT2D eigenvalue weighted by atomic mass is 127. The summed E-state index contributed by atoms with van der Waals surface area (Å²) in [6.45, 7) is 0.850. The molecule has 2 fully saturated rings. The monoisotopic (exact) mass is 352 g/mol. The van der Waals surface area contributed by atoms with Crippen LogP contribution in [0.4, 0.5) is 0 Å². The topological polar surface area (TPSA) is 44.9 Å². The van der Waals surface area contributed by atoms with E-state index in [1.165, 1.54) is 32.1 Å². The molecule has 0 aromatic heterocycles. The fraction of sp³-hybridized carbons (Fsp3) is 0.917. The van der Waals surface area contributed by atoms with Crippen LogP contribution in [0.15, 0.2) is 4.99 Å². The maximum atomic E-state index is 6.00. The van der Waals surface area contributed by atoms with Gasteiger partial charge in [-0.1, -0.05) is 0 Å².